The van der Waals surface area contributed by atoms with Crippen molar-refractivity contribution in [3.63, 3.8) is 0 Å². The SMILES string of the molecule is Cc1ccc(Cl)c(OCc2nc3c(CNCC4CCNCC4)nccc3c(=O)[nH]2)c1. The average Bonchev–Trinajstić information content (AvgIpc) is 2.75. The number of hydrogen-bond donors (Lipinski definition) is 3. The van der Waals surface area contributed by atoms with Crippen molar-refractivity contribution >= 4 is 22.5 Å². The Hall–Kier alpha value is -2.48. The van der Waals surface area contributed by atoms with Gasteiger partial charge in [0, 0.05) is 12.7 Å². The summed E-state index contributed by atoms with van der Waals surface area (Å²) < 4.78 is 5.80. The summed E-state index contributed by atoms with van der Waals surface area (Å²) in [5.41, 5.74) is 2.21. The molecule has 0 radical (unpaired) electrons. The third-order valence-electron chi connectivity index (χ3n) is 5.38. The molecule has 0 aliphatic carbocycles. The van der Waals surface area contributed by atoms with Gasteiger partial charge in [-0.05, 0) is 69.1 Å². The zero-order valence-electron chi connectivity index (χ0n) is 17.0. The van der Waals surface area contributed by atoms with Gasteiger partial charge in [-0.15, -0.1) is 0 Å². The number of aromatic amines is 1. The van der Waals surface area contributed by atoms with E-state index < -0.39 is 0 Å². The van der Waals surface area contributed by atoms with Crippen molar-refractivity contribution in [1.29, 1.82) is 0 Å². The lowest BCUT2D eigenvalue weighted by molar-refractivity contribution is 0.296. The minimum Gasteiger partial charge on any atom is -0.484 e. The number of H-pyrrole nitrogens is 1. The lowest BCUT2D eigenvalue weighted by Crippen LogP contribution is -2.33. The van der Waals surface area contributed by atoms with Crippen molar-refractivity contribution in [2.75, 3.05) is 19.6 Å². The van der Waals surface area contributed by atoms with Crippen molar-refractivity contribution < 1.29 is 4.74 Å². The molecular formula is C22H26ClN5O2. The maximum atomic E-state index is 12.6. The van der Waals surface area contributed by atoms with Crippen LogP contribution in [0.3, 0.4) is 0 Å². The molecule has 3 heterocycles. The number of hydrogen-bond acceptors (Lipinski definition) is 6. The summed E-state index contributed by atoms with van der Waals surface area (Å²) in [6.45, 7) is 5.74. The van der Waals surface area contributed by atoms with E-state index in [1.807, 2.05) is 19.1 Å². The van der Waals surface area contributed by atoms with Gasteiger partial charge in [-0.3, -0.25) is 9.78 Å². The van der Waals surface area contributed by atoms with Crippen LogP contribution < -0.4 is 20.9 Å². The number of aromatic nitrogens is 3. The molecule has 8 heteroatoms. The first-order valence-corrected chi connectivity index (χ1v) is 10.6. The van der Waals surface area contributed by atoms with E-state index in [2.05, 4.69) is 25.6 Å². The maximum Gasteiger partial charge on any atom is 0.258 e. The Kier molecular flexibility index (Phi) is 6.62. The summed E-state index contributed by atoms with van der Waals surface area (Å²) in [7, 11) is 0. The molecule has 1 fully saturated rings. The van der Waals surface area contributed by atoms with Crippen LogP contribution in [-0.4, -0.2) is 34.6 Å². The molecule has 0 saturated carbocycles. The van der Waals surface area contributed by atoms with Gasteiger partial charge in [0.05, 0.1) is 16.1 Å². The van der Waals surface area contributed by atoms with Crippen molar-refractivity contribution in [1.82, 2.24) is 25.6 Å². The lowest BCUT2D eigenvalue weighted by Gasteiger charge is -2.22. The second-order valence-corrected chi connectivity index (χ2v) is 8.12. The molecule has 0 atom stereocenters. The molecule has 3 N–H and O–H groups in total. The van der Waals surface area contributed by atoms with Crippen LogP contribution >= 0.6 is 11.6 Å². The molecule has 1 saturated heterocycles. The fourth-order valence-electron chi connectivity index (χ4n) is 3.71. The molecule has 158 valence electrons. The molecule has 0 spiro atoms. The number of benzene rings is 1. The number of fused-ring (bicyclic) bond motifs is 1. The predicted octanol–water partition coefficient (Wildman–Crippen LogP) is 2.95. The Balaban J connectivity index is 1.50. The number of aryl methyl sites for hydroxylation is 1. The van der Waals surface area contributed by atoms with Crippen LogP contribution in [0.5, 0.6) is 5.75 Å². The van der Waals surface area contributed by atoms with Gasteiger partial charge in [-0.1, -0.05) is 17.7 Å². The Labute approximate surface area is 180 Å². The van der Waals surface area contributed by atoms with Gasteiger partial charge in [0.15, 0.2) is 0 Å². The summed E-state index contributed by atoms with van der Waals surface area (Å²) >= 11 is 6.20. The number of nitrogens with one attached hydrogen (secondary N) is 3. The molecule has 0 amide bonds. The zero-order chi connectivity index (χ0) is 20.9. The molecule has 1 aromatic carbocycles. The third kappa shape index (κ3) is 4.98. The normalized spacial score (nSPS) is 14.9. The third-order valence-corrected chi connectivity index (χ3v) is 5.70. The van der Waals surface area contributed by atoms with E-state index >= 15 is 0 Å². The first kappa shape index (κ1) is 20.8. The Morgan fingerprint density at radius 3 is 2.93 bits per heavy atom. The molecule has 3 aromatic rings. The summed E-state index contributed by atoms with van der Waals surface area (Å²) in [4.78, 5) is 24.5. The number of nitrogens with zero attached hydrogens (tertiary/aromatic N) is 2. The highest BCUT2D eigenvalue weighted by molar-refractivity contribution is 6.32. The second kappa shape index (κ2) is 9.55. The number of halogens is 1. The average molecular weight is 428 g/mol. The van der Waals surface area contributed by atoms with E-state index in [4.69, 9.17) is 16.3 Å². The standard InChI is InChI=1S/C22H26ClN5O2/c1-14-2-3-17(23)19(10-14)30-13-20-27-21-16(22(29)28-20)6-9-26-18(21)12-25-11-15-4-7-24-8-5-15/h2-3,6,9-10,15,24-25H,4-5,7-8,11-13H2,1H3,(H,27,28,29). The number of piperidine rings is 1. The van der Waals surface area contributed by atoms with Gasteiger partial charge >= 0.3 is 0 Å². The fraction of sp³-hybridized carbons (Fsp3) is 0.409. The monoisotopic (exact) mass is 427 g/mol. The summed E-state index contributed by atoms with van der Waals surface area (Å²) in [6, 6.07) is 7.26. The Morgan fingerprint density at radius 2 is 2.10 bits per heavy atom. The van der Waals surface area contributed by atoms with Gasteiger partial charge in [0.2, 0.25) is 0 Å². The van der Waals surface area contributed by atoms with Gasteiger partial charge in [0.25, 0.3) is 5.56 Å². The van der Waals surface area contributed by atoms with Crippen LogP contribution in [0.1, 0.15) is 29.9 Å². The number of ether oxygens (including phenoxy) is 1. The lowest BCUT2D eigenvalue weighted by atomic mass is 9.98. The zero-order valence-corrected chi connectivity index (χ0v) is 17.8. The molecule has 1 aliphatic rings. The Morgan fingerprint density at radius 1 is 1.27 bits per heavy atom. The van der Waals surface area contributed by atoms with Crippen molar-refractivity contribution in [2.45, 2.75) is 32.9 Å². The van der Waals surface area contributed by atoms with E-state index in [9.17, 15) is 4.79 Å². The predicted molar refractivity (Wildman–Crippen MR) is 118 cm³/mol. The summed E-state index contributed by atoms with van der Waals surface area (Å²) in [5, 5.41) is 7.91. The van der Waals surface area contributed by atoms with Crippen LogP contribution in [0.4, 0.5) is 0 Å². The molecule has 30 heavy (non-hydrogen) atoms. The van der Waals surface area contributed by atoms with E-state index in [0.717, 1.165) is 30.9 Å². The molecule has 7 nitrogen and oxygen atoms in total. The van der Waals surface area contributed by atoms with Crippen molar-refractivity contribution in [2.24, 2.45) is 5.92 Å². The van der Waals surface area contributed by atoms with Crippen LogP contribution in [0.25, 0.3) is 10.9 Å². The van der Waals surface area contributed by atoms with Gasteiger partial charge in [-0.2, -0.15) is 0 Å². The van der Waals surface area contributed by atoms with E-state index in [-0.39, 0.29) is 12.2 Å². The quantitative estimate of drug-likeness (QED) is 0.537. The first-order chi connectivity index (χ1) is 14.6. The Bertz CT molecular complexity index is 1080. The van der Waals surface area contributed by atoms with Crippen molar-refractivity contribution in [3.8, 4) is 5.75 Å². The second-order valence-electron chi connectivity index (χ2n) is 7.71. The highest BCUT2D eigenvalue weighted by Crippen LogP contribution is 2.26. The van der Waals surface area contributed by atoms with Gasteiger partial charge in [-0.25, -0.2) is 4.98 Å². The van der Waals surface area contributed by atoms with E-state index in [1.165, 1.54) is 12.8 Å². The smallest absolute Gasteiger partial charge is 0.258 e. The van der Waals surface area contributed by atoms with Gasteiger partial charge < -0.3 is 20.4 Å². The molecule has 2 aromatic heterocycles. The molecular weight excluding hydrogens is 402 g/mol. The largest absolute Gasteiger partial charge is 0.484 e. The van der Waals surface area contributed by atoms with E-state index in [1.54, 1.807) is 18.3 Å². The molecule has 1 aliphatic heterocycles. The van der Waals surface area contributed by atoms with Gasteiger partial charge in [0.1, 0.15) is 23.7 Å². The minimum absolute atomic E-state index is 0.116. The van der Waals surface area contributed by atoms with E-state index in [0.29, 0.717) is 40.0 Å². The molecule has 0 unspecified atom stereocenters. The first-order valence-electron chi connectivity index (χ1n) is 10.3. The van der Waals surface area contributed by atoms with Crippen molar-refractivity contribution in [3.05, 3.63) is 62.9 Å². The van der Waals surface area contributed by atoms with Crippen LogP contribution in [0.2, 0.25) is 5.02 Å². The number of pyridine rings is 1. The highest BCUT2D eigenvalue weighted by Gasteiger charge is 2.14. The van der Waals surface area contributed by atoms with Crippen LogP contribution in [0.15, 0.2) is 35.3 Å². The highest BCUT2D eigenvalue weighted by atomic mass is 35.5. The van der Waals surface area contributed by atoms with Crippen LogP contribution in [0, 0.1) is 12.8 Å². The molecule has 4 rings (SSSR count). The fourth-order valence-corrected chi connectivity index (χ4v) is 3.88. The maximum absolute atomic E-state index is 12.6. The summed E-state index contributed by atoms with van der Waals surface area (Å²) in [6.07, 6.45) is 4.01. The molecule has 0 bridgehead atoms. The summed E-state index contributed by atoms with van der Waals surface area (Å²) in [5.74, 6) is 1.67. The minimum atomic E-state index is -0.198. The number of rotatable bonds is 7. The topological polar surface area (TPSA) is 91.9 Å². The van der Waals surface area contributed by atoms with Crippen LogP contribution in [-0.2, 0) is 13.2 Å².